The largest absolute Gasteiger partial charge is 0.0622 e. The Morgan fingerprint density at radius 2 is 1.70 bits per heavy atom. The van der Waals surface area contributed by atoms with Gasteiger partial charge in [-0.1, -0.05) is 13.3 Å². The predicted molar refractivity (Wildman–Crippen MR) is 41.6 cm³/mol. The highest BCUT2D eigenvalue weighted by Crippen LogP contribution is 2.67. The Labute approximate surface area is 63.0 Å². The molecule has 3 rings (SSSR count). The molecule has 3 aliphatic rings. The van der Waals surface area contributed by atoms with Crippen molar-refractivity contribution in [2.75, 3.05) is 0 Å². The van der Waals surface area contributed by atoms with Gasteiger partial charge in [0, 0.05) is 0 Å². The summed E-state index contributed by atoms with van der Waals surface area (Å²) in [5.74, 6) is 5.91. The van der Waals surface area contributed by atoms with Gasteiger partial charge in [0.15, 0.2) is 0 Å². The van der Waals surface area contributed by atoms with Crippen LogP contribution in [-0.2, 0) is 0 Å². The molecular weight excluding hydrogens is 120 g/mol. The molecular formula is C10H16. The maximum atomic E-state index is 2.47. The van der Waals surface area contributed by atoms with Gasteiger partial charge in [-0.05, 0) is 48.9 Å². The molecule has 3 saturated carbocycles. The first-order valence-electron chi connectivity index (χ1n) is 4.88. The van der Waals surface area contributed by atoms with Crippen molar-refractivity contribution in [2.24, 2.45) is 29.6 Å². The van der Waals surface area contributed by atoms with Crippen molar-refractivity contribution in [1.29, 1.82) is 0 Å². The first kappa shape index (κ1) is 5.62. The van der Waals surface area contributed by atoms with E-state index < -0.39 is 0 Å². The monoisotopic (exact) mass is 136 g/mol. The second-order valence-corrected chi connectivity index (χ2v) is 4.71. The molecule has 10 heavy (non-hydrogen) atoms. The Bertz CT molecular complexity index is 157. The van der Waals surface area contributed by atoms with Gasteiger partial charge in [0.05, 0.1) is 0 Å². The first-order valence-corrected chi connectivity index (χ1v) is 4.88. The van der Waals surface area contributed by atoms with Crippen LogP contribution in [0.25, 0.3) is 0 Å². The minimum absolute atomic E-state index is 1.09. The number of hydrogen-bond acceptors (Lipinski definition) is 0. The fourth-order valence-electron chi connectivity index (χ4n) is 3.88. The molecule has 0 nitrogen and oxygen atoms in total. The fraction of sp³-hybridized carbons (Fsp3) is 1.00. The summed E-state index contributed by atoms with van der Waals surface area (Å²) in [6, 6.07) is 0. The second-order valence-electron chi connectivity index (χ2n) is 4.71. The summed E-state index contributed by atoms with van der Waals surface area (Å²) >= 11 is 0. The maximum Gasteiger partial charge on any atom is -0.0321 e. The molecule has 0 aliphatic heterocycles. The van der Waals surface area contributed by atoms with Crippen LogP contribution < -0.4 is 0 Å². The quantitative estimate of drug-likeness (QED) is 0.480. The minimum Gasteiger partial charge on any atom is -0.0622 e. The third kappa shape index (κ3) is 0.500. The Balaban J connectivity index is 1.88. The van der Waals surface area contributed by atoms with Gasteiger partial charge < -0.3 is 0 Å². The van der Waals surface area contributed by atoms with E-state index in [1.807, 2.05) is 0 Å². The van der Waals surface area contributed by atoms with Gasteiger partial charge in [0.25, 0.3) is 0 Å². The second kappa shape index (κ2) is 1.60. The van der Waals surface area contributed by atoms with Crippen LogP contribution >= 0.6 is 0 Å². The highest BCUT2D eigenvalue weighted by atomic mass is 14.7. The molecule has 0 aromatic carbocycles. The van der Waals surface area contributed by atoms with Gasteiger partial charge in [-0.15, -0.1) is 0 Å². The normalized spacial score (nSPS) is 63.9. The first-order chi connectivity index (χ1) is 4.88. The molecule has 56 valence electrons. The van der Waals surface area contributed by atoms with Crippen molar-refractivity contribution in [2.45, 2.75) is 32.6 Å². The summed E-state index contributed by atoms with van der Waals surface area (Å²) in [6.45, 7) is 2.47. The van der Waals surface area contributed by atoms with Crippen molar-refractivity contribution >= 4 is 0 Å². The minimum atomic E-state index is 1.09. The molecule has 0 heterocycles. The zero-order valence-electron chi connectivity index (χ0n) is 6.72. The van der Waals surface area contributed by atoms with Gasteiger partial charge in [-0.3, -0.25) is 0 Å². The highest BCUT2D eigenvalue weighted by Gasteiger charge is 2.60. The average molecular weight is 136 g/mol. The molecule has 0 amide bonds. The van der Waals surface area contributed by atoms with Gasteiger partial charge in [-0.2, -0.15) is 0 Å². The number of rotatable bonds is 0. The van der Waals surface area contributed by atoms with Gasteiger partial charge >= 0.3 is 0 Å². The lowest BCUT2D eigenvalue weighted by Gasteiger charge is -2.25. The van der Waals surface area contributed by atoms with E-state index in [0.717, 1.165) is 5.92 Å². The van der Waals surface area contributed by atoms with Crippen LogP contribution in [0.3, 0.4) is 0 Å². The van der Waals surface area contributed by atoms with E-state index >= 15 is 0 Å². The number of fused-ring (bicyclic) bond motifs is 1. The van der Waals surface area contributed by atoms with Crippen molar-refractivity contribution < 1.29 is 0 Å². The zero-order chi connectivity index (χ0) is 6.72. The van der Waals surface area contributed by atoms with Crippen LogP contribution in [0.5, 0.6) is 0 Å². The van der Waals surface area contributed by atoms with Crippen molar-refractivity contribution in [3.8, 4) is 0 Å². The van der Waals surface area contributed by atoms with Crippen LogP contribution in [0.1, 0.15) is 32.6 Å². The van der Waals surface area contributed by atoms with Crippen molar-refractivity contribution in [3.05, 3.63) is 0 Å². The summed E-state index contributed by atoms with van der Waals surface area (Å²) in [6.07, 6.45) is 6.28. The maximum absolute atomic E-state index is 2.47. The third-order valence-electron chi connectivity index (χ3n) is 4.36. The Kier molecular flexibility index (Phi) is 0.898. The molecule has 4 unspecified atom stereocenters. The predicted octanol–water partition coefficient (Wildman–Crippen LogP) is 2.69. The van der Waals surface area contributed by atoms with E-state index in [1.54, 1.807) is 25.7 Å². The zero-order valence-corrected chi connectivity index (χ0v) is 6.72. The smallest absolute Gasteiger partial charge is 0.0321 e. The number of hydrogen-bond donors (Lipinski definition) is 0. The molecule has 0 aromatic rings. The van der Waals surface area contributed by atoms with E-state index in [2.05, 4.69) is 6.92 Å². The Hall–Kier alpha value is 0. The van der Waals surface area contributed by atoms with Crippen LogP contribution in [0.15, 0.2) is 0 Å². The topological polar surface area (TPSA) is 0 Å². The van der Waals surface area contributed by atoms with Crippen LogP contribution in [0.2, 0.25) is 0 Å². The standard InChI is InChI=1S/C10H16/c1-6-2-3-7-4-5-8-9(6)10(7)8/h6-10H,2-5H2,1H3/t6?,7?,8-,9?,10?/m1/s1. The molecule has 3 fully saturated rings. The third-order valence-corrected chi connectivity index (χ3v) is 4.36. The van der Waals surface area contributed by atoms with Crippen molar-refractivity contribution in [1.82, 2.24) is 0 Å². The Morgan fingerprint density at radius 3 is 2.50 bits per heavy atom. The molecule has 0 spiro atoms. The molecule has 0 bridgehead atoms. The highest BCUT2D eigenvalue weighted by molar-refractivity contribution is 5.09. The summed E-state index contributed by atoms with van der Waals surface area (Å²) in [5.41, 5.74) is 0. The van der Waals surface area contributed by atoms with Gasteiger partial charge in [-0.25, -0.2) is 0 Å². The van der Waals surface area contributed by atoms with Crippen LogP contribution in [0, 0.1) is 29.6 Å². The van der Waals surface area contributed by atoms with Gasteiger partial charge in [0.2, 0.25) is 0 Å². The molecule has 0 N–H and O–H groups in total. The van der Waals surface area contributed by atoms with Gasteiger partial charge in [0.1, 0.15) is 0 Å². The summed E-state index contributed by atoms with van der Waals surface area (Å²) in [5, 5.41) is 0. The van der Waals surface area contributed by atoms with E-state index in [4.69, 9.17) is 0 Å². The van der Waals surface area contributed by atoms with Crippen LogP contribution in [-0.4, -0.2) is 0 Å². The lowest BCUT2D eigenvalue weighted by atomic mass is 9.81. The van der Waals surface area contributed by atoms with Crippen LogP contribution in [0.4, 0.5) is 0 Å². The van der Waals surface area contributed by atoms with Crippen molar-refractivity contribution in [3.63, 3.8) is 0 Å². The van der Waals surface area contributed by atoms with E-state index in [9.17, 15) is 0 Å². The SMILES string of the molecule is CC1CCC2CC[C@@H]3C1C23. The lowest BCUT2D eigenvalue weighted by molar-refractivity contribution is 0.255. The molecule has 0 radical (unpaired) electrons. The molecule has 0 aromatic heterocycles. The average Bonchev–Trinajstić information content (AvgIpc) is 2.51. The molecule has 5 atom stereocenters. The molecule has 0 heteroatoms. The molecule has 0 saturated heterocycles. The van der Waals surface area contributed by atoms with E-state index in [-0.39, 0.29) is 0 Å². The summed E-state index contributed by atoms with van der Waals surface area (Å²) in [7, 11) is 0. The lowest BCUT2D eigenvalue weighted by Crippen LogP contribution is -2.15. The van der Waals surface area contributed by atoms with E-state index in [0.29, 0.717) is 0 Å². The summed E-state index contributed by atoms with van der Waals surface area (Å²) in [4.78, 5) is 0. The summed E-state index contributed by atoms with van der Waals surface area (Å²) < 4.78 is 0. The Morgan fingerprint density at radius 1 is 0.900 bits per heavy atom. The van der Waals surface area contributed by atoms with E-state index in [1.165, 1.54) is 23.7 Å². The molecule has 3 aliphatic carbocycles. The fourth-order valence-corrected chi connectivity index (χ4v) is 3.88.